The summed E-state index contributed by atoms with van der Waals surface area (Å²) in [4.78, 5) is 0. The third kappa shape index (κ3) is 1.59. The first-order valence-corrected chi connectivity index (χ1v) is 4.61. The average molecular weight is 181 g/mol. The summed E-state index contributed by atoms with van der Waals surface area (Å²) < 4.78 is 7.42. The van der Waals surface area contributed by atoms with Crippen LogP contribution in [0.4, 0.5) is 0 Å². The number of ether oxygens (including phenoxy) is 1. The molecule has 1 aromatic heterocycles. The van der Waals surface area contributed by atoms with E-state index in [-0.39, 0.29) is 6.10 Å². The van der Waals surface area contributed by atoms with Crippen LogP contribution in [0.15, 0.2) is 12.4 Å². The van der Waals surface area contributed by atoms with E-state index >= 15 is 0 Å². The zero-order chi connectivity index (χ0) is 9.26. The average Bonchev–Trinajstić information content (AvgIpc) is 2.71. The quantitative estimate of drug-likeness (QED) is 0.721. The maximum Gasteiger partial charge on any atom is 0.0896 e. The Balaban J connectivity index is 2.15. The molecule has 0 radical (unpaired) electrons. The minimum atomic E-state index is 0.165. The van der Waals surface area contributed by atoms with Gasteiger partial charge in [0.2, 0.25) is 0 Å². The first-order chi connectivity index (χ1) is 6.31. The molecular formula is C9H15N3O. The summed E-state index contributed by atoms with van der Waals surface area (Å²) in [5.74, 6) is 0.462. The number of rotatable bonds is 2. The molecule has 1 aliphatic rings. The Labute approximate surface area is 77.7 Å². The van der Waals surface area contributed by atoms with Crippen LogP contribution in [0, 0.1) is 5.92 Å². The van der Waals surface area contributed by atoms with E-state index in [9.17, 15) is 0 Å². The van der Waals surface area contributed by atoms with Crippen LogP contribution in [0.5, 0.6) is 0 Å². The normalized spacial score (nSPS) is 28.2. The van der Waals surface area contributed by atoms with Crippen molar-refractivity contribution in [3.8, 4) is 0 Å². The Morgan fingerprint density at radius 3 is 3.23 bits per heavy atom. The molecule has 2 rings (SSSR count). The maximum absolute atomic E-state index is 5.66. The van der Waals surface area contributed by atoms with Gasteiger partial charge in [0.15, 0.2) is 0 Å². The Kier molecular flexibility index (Phi) is 2.33. The number of aryl methyl sites for hydroxylation is 1. The molecule has 0 spiro atoms. The summed E-state index contributed by atoms with van der Waals surface area (Å²) in [5, 5.41) is 4.13. The van der Waals surface area contributed by atoms with Crippen molar-refractivity contribution in [2.24, 2.45) is 18.7 Å². The standard InChI is InChI=1S/C9H15N3O/c1-12-6-8(5-11-12)9-7(4-10)2-3-13-9/h5-7,9H,2-4,10H2,1H3/t7-,9+/m0/s1. The van der Waals surface area contributed by atoms with Gasteiger partial charge in [-0.2, -0.15) is 5.10 Å². The van der Waals surface area contributed by atoms with Crippen LogP contribution in [0.2, 0.25) is 0 Å². The molecule has 4 nitrogen and oxygen atoms in total. The monoisotopic (exact) mass is 181 g/mol. The molecule has 2 N–H and O–H groups in total. The summed E-state index contributed by atoms with van der Waals surface area (Å²) in [6.45, 7) is 1.51. The molecule has 0 aromatic carbocycles. The van der Waals surface area contributed by atoms with Gasteiger partial charge >= 0.3 is 0 Å². The highest BCUT2D eigenvalue weighted by Crippen LogP contribution is 2.33. The minimum absolute atomic E-state index is 0.165. The lowest BCUT2D eigenvalue weighted by Crippen LogP contribution is -2.17. The fraction of sp³-hybridized carbons (Fsp3) is 0.667. The van der Waals surface area contributed by atoms with Gasteiger partial charge in [-0.1, -0.05) is 0 Å². The van der Waals surface area contributed by atoms with Gasteiger partial charge in [-0.3, -0.25) is 4.68 Å². The highest BCUT2D eigenvalue weighted by Gasteiger charge is 2.29. The van der Waals surface area contributed by atoms with Crippen LogP contribution in [0.3, 0.4) is 0 Å². The highest BCUT2D eigenvalue weighted by atomic mass is 16.5. The van der Waals surface area contributed by atoms with Crippen LogP contribution in [0.1, 0.15) is 18.1 Å². The van der Waals surface area contributed by atoms with Gasteiger partial charge in [0.25, 0.3) is 0 Å². The van der Waals surface area contributed by atoms with Crippen molar-refractivity contribution in [3.63, 3.8) is 0 Å². The second-order valence-electron chi connectivity index (χ2n) is 3.52. The number of hydrogen-bond acceptors (Lipinski definition) is 3. The summed E-state index contributed by atoms with van der Waals surface area (Å²) in [7, 11) is 1.91. The van der Waals surface area contributed by atoms with E-state index < -0.39 is 0 Å². The maximum atomic E-state index is 5.66. The number of aromatic nitrogens is 2. The van der Waals surface area contributed by atoms with Gasteiger partial charge in [-0.25, -0.2) is 0 Å². The smallest absolute Gasteiger partial charge is 0.0896 e. The lowest BCUT2D eigenvalue weighted by Gasteiger charge is -2.14. The predicted molar refractivity (Wildman–Crippen MR) is 49.1 cm³/mol. The number of nitrogens with two attached hydrogens (primary N) is 1. The third-order valence-electron chi connectivity index (χ3n) is 2.57. The predicted octanol–water partition coefficient (Wildman–Crippen LogP) is 0.456. The fourth-order valence-electron chi connectivity index (χ4n) is 1.83. The molecule has 0 unspecified atom stereocenters. The fourth-order valence-corrected chi connectivity index (χ4v) is 1.83. The first-order valence-electron chi connectivity index (χ1n) is 4.61. The molecule has 0 aliphatic carbocycles. The highest BCUT2D eigenvalue weighted by molar-refractivity contribution is 5.11. The van der Waals surface area contributed by atoms with Crippen molar-refractivity contribution in [2.45, 2.75) is 12.5 Å². The molecule has 1 fully saturated rings. The van der Waals surface area contributed by atoms with Crippen LogP contribution in [-0.4, -0.2) is 22.9 Å². The number of nitrogens with zero attached hydrogens (tertiary/aromatic N) is 2. The van der Waals surface area contributed by atoms with Gasteiger partial charge in [-0.15, -0.1) is 0 Å². The zero-order valence-corrected chi connectivity index (χ0v) is 7.81. The molecule has 2 heterocycles. The summed E-state index contributed by atoms with van der Waals surface area (Å²) in [5.41, 5.74) is 6.81. The van der Waals surface area contributed by atoms with Crippen LogP contribution >= 0.6 is 0 Å². The zero-order valence-electron chi connectivity index (χ0n) is 7.81. The lowest BCUT2D eigenvalue weighted by molar-refractivity contribution is 0.0924. The van der Waals surface area contributed by atoms with E-state index in [2.05, 4.69) is 5.10 Å². The summed E-state index contributed by atoms with van der Waals surface area (Å²) in [6, 6.07) is 0. The molecule has 4 heteroatoms. The van der Waals surface area contributed by atoms with Gasteiger partial charge < -0.3 is 10.5 Å². The molecule has 13 heavy (non-hydrogen) atoms. The second kappa shape index (κ2) is 3.47. The largest absolute Gasteiger partial charge is 0.373 e. The summed E-state index contributed by atoms with van der Waals surface area (Å²) in [6.07, 6.45) is 5.09. The van der Waals surface area contributed by atoms with Crippen molar-refractivity contribution in [1.82, 2.24) is 9.78 Å². The van der Waals surface area contributed by atoms with Crippen LogP contribution < -0.4 is 5.73 Å². The molecule has 2 atom stereocenters. The van der Waals surface area contributed by atoms with E-state index in [4.69, 9.17) is 10.5 Å². The molecule has 1 aliphatic heterocycles. The van der Waals surface area contributed by atoms with Crippen molar-refractivity contribution >= 4 is 0 Å². The van der Waals surface area contributed by atoms with Gasteiger partial charge in [0, 0.05) is 31.3 Å². The van der Waals surface area contributed by atoms with E-state index in [1.54, 1.807) is 4.68 Å². The Morgan fingerprint density at radius 1 is 1.77 bits per heavy atom. The van der Waals surface area contributed by atoms with Crippen LogP contribution in [0.25, 0.3) is 0 Å². The topological polar surface area (TPSA) is 53.1 Å². The molecule has 1 saturated heterocycles. The third-order valence-corrected chi connectivity index (χ3v) is 2.57. The van der Waals surface area contributed by atoms with Crippen LogP contribution in [-0.2, 0) is 11.8 Å². The van der Waals surface area contributed by atoms with E-state index in [0.29, 0.717) is 12.5 Å². The van der Waals surface area contributed by atoms with Gasteiger partial charge in [0.05, 0.1) is 12.3 Å². The van der Waals surface area contributed by atoms with Crippen molar-refractivity contribution < 1.29 is 4.74 Å². The molecule has 0 bridgehead atoms. The number of hydrogen-bond donors (Lipinski definition) is 1. The van der Waals surface area contributed by atoms with E-state index in [1.807, 2.05) is 19.4 Å². The SMILES string of the molecule is Cn1cc([C@@H]2OCC[C@H]2CN)cn1. The van der Waals surface area contributed by atoms with E-state index in [0.717, 1.165) is 18.6 Å². The van der Waals surface area contributed by atoms with Gasteiger partial charge in [0.1, 0.15) is 0 Å². The molecule has 0 amide bonds. The van der Waals surface area contributed by atoms with Crippen molar-refractivity contribution in [3.05, 3.63) is 18.0 Å². The molecule has 72 valence electrons. The minimum Gasteiger partial charge on any atom is -0.373 e. The lowest BCUT2D eigenvalue weighted by atomic mass is 9.98. The molecular weight excluding hydrogens is 166 g/mol. The first kappa shape index (κ1) is 8.72. The van der Waals surface area contributed by atoms with Gasteiger partial charge in [-0.05, 0) is 13.0 Å². The Hall–Kier alpha value is -0.870. The Morgan fingerprint density at radius 2 is 2.62 bits per heavy atom. The van der Waals surface area contributed by atoms with Crippen molar-refractivity contribution in [1.29, 1.82) is 0 Å². The van der Waals surface area contributed by atoms with Crippen molar-refractivity contribution in [2.75, 3.05) is 13.2 Å². The second-order valence-corrected chi connectivity index (χ2v) is 3.52. The van der Waals surface area contributed by atoms with E-state index in [1.165, 1.54) is 0 Å². The molecule has 1 aromatic rings. The Bertz CT molecular complexity index is 284. The summed E-state index contributed by atoms with van der Waals surface area (Å²) >= 11 is 0. The molecule has 0 saturated carbocycles.